The molecular weight excluding hydrogens is 248 g/mol. The summed E-state index contributed by atoms with van der Waals surface area (Å²) < 4.78 is 11.7. The topological polar surface area (TPSA) is 18.5 Å². The summed E-state index contributed by atoms with van der Waals surface area (Å²) in [5, 5.41) is 0. The zero-order chi connectivity index (χ0) is 14.8. The van der Waals surface area contributed by atoms with Crippen molar-refractivity contribution in [1.29, 1.82) is 0 Å². The maximum Gasteiger partial charge on any atom is 0.127 e. The third-order valence-corrected chi connectivity index (χ3v) is 2.76. The molecule has 0 unspecified atom stereocenters. The summed E-state index contributed by atoms with van der Waals surface area (Å²) in [6.45, 7) is 9.71. The van der Waals surface area contributed by atoms with E-state index in [1.165, 1.54) is 0 Å². The van der Waals surface area contributed by atoms with Gasteiger partial charge in [0.05, 0.1) is 13.2 Å². The van der Waals surface area contributed by atoms with Crippen LogP contribution in [0.2, 0.25) is 0 Å². The van der Waals surface area contributed by atoms with Gasteiger partial charge in [-0.15, -0.1) is 0 Å². The highest BCUT2D eigenvalue weighted by Gasteiger charge is 2.09. The number of hydrogen-bond acceptors (Lipinski definition) is 2. The number of rotatable bonds is 8. The van der Waals surface area contributed by atoms with E-state index in [4.69, 9.17) is 9.47 Å². The SMILES string of the molecule is CC=Cc1cc(OCCC)c(C=CC)cc1OCCC. The molecule has 20 heavy (non-hydrogen) atoms. The standard InChI is InChI=1S/C18H26O2/c1-5-9-15-13-18(20-12-8-4)16(10-6-2)14-17(15)19-11-7-3/h5-6,9-10,13-14H,7-8,11-12H2,1-4H3. The Morgan fingerprint density at radius 2 is 1.20 bits per heavy atom. The molecule has 0 fully saturated rings. The molecule has 0 bridgehead atoms. The Morgan fingerprint density at radius 3 is 1.50 bits per heavy atom. The maximum absolute atomic E-state index is 5.84. The zero-order valence-electron chi connectivity index (χ0n) is 13.1. The Balaban J connectivity index is 3.19. The van der Waals surface area contributed by atoms with Crippen molar-refractivity contribution in [2.75, 3.05) is 13.2 Å². The van der Waals surface area contributed by atoms with Gasteiger partial charge in [0.15, 0.2) is 0 Å². The molecule has 1 aromatic rings. The molecule has 0 amide bonds. The molecule has 0 aliphatic carbocycles. The molecular formula is C18H26O2. The number of benzene rings is 1. The van der Waals surface area contributed by atoms with Crippen molar-refractivity contribution in [1.82, 2.24) is 0 Å². The van der Waals surface area contributed by atoms with E-state index in [0.717, 1.165) is 48.7 Å². The fourth-order valence-corrected chi connectivity index (χ4v) is 1.89. The molecule has 2 nitrogen and oxygen atoms in total. The van der Waals surface area contributed by atoms with Crippen LogP contribution in [0, 0.1) is 0 Å². The van der Waals surface area contributed by atoms with E-state index in [-0.39, 0.29) is 0 Å². The molecule has 0 heterocycles. The first-order valence-corrected chi connectivity index (χ1v) is 7.45. The van der Waals surface area contributed by atoms with Crippen LogP contribution in [0.4, 0.5) is 0 Å². The first-order chi connectivity index (χ1) is 9.76. The van der Waals surface area contributed by atoms with Crippen LogP contribution >= 0.6 is 0 Å². The van der Waals surface area contributed by atoms with Gasteiger partial charge in [0.2, 0.25) is 0 Å². The van der Waals surface area contributed by atoms with Crippen LogP contribution in [0.5, 0.6) is 11.5 Å². The van der Waals surface area contributed by atoms with E-state index in [0.29, 0.717) is 0 Å². The van der Waals surface area contributed by atoms with Crippen molar-refractivity contribution >= 4 is 12.2 Å². The summed E-state index contributed by atoms with van der Waals surface area (Å²) in [6, 6.07) is 4.13. The smallest absolute Gasteiger partial charge is 0.127 e. The predicted octanol–water partition coefficient (Wildman–Crippen LogP) is 5.33. The van der Waals surface area contributed by atoms with Crippen molar-refractivity contribution < 1.29 is 9.47 Å². The first-order valence-electron chi connectivity index (χ1n) is 7.45. The van der Waals surface area contributed by atoms with Crippen molar-refractivity contribution in [3.63, 3.8) is 0 Å². The molecule has 0 atom stereocenters. The molecule has 0 aromatic heterocycles. The molecule has 0 spiro atoms. The monoisotopic (exact) mass is 274 g/mol. The highest BCUT2D eigenvalue weighted by Crippen LogP contribution is 2.31. The van der Waals surface area contributed by atoms with Gasteiger partial charge in [-0.3, -0.25) is 0 Å². The van der Waals surface area contributed by atoms with Crippen LogP contribution in [-0.2, 0) is 0 Å². The molecule has 0 aliphatic rings. The van der Waals surface area contributed by atoms with Crippen molar-refractivity contribution in [2.45, 2.75) is 40.5 Å². The lowest BCUT2D eigenvalue weighted by atomic mass is 10.1. The van der Waals surface area contributed by atoms with E-state index in [1.807, 2.05) is 26.0 Å². The van der Waals surface area contributed by atoms with Crippen LogP contribution in [0.1, 0.15) is 51.7 Å². The Morgan fingerprint density at radius 1 is 0.800 bits per heavy atom. The molecule has 0 N–H and O–H groups in total. The van der Waals surface area contributed by atoms with Gasteiger partial charge in [0.25, 0.3) is 0 Å². The average molecular weight is 274 g/mol. The number of hydrogen-bond donors (Lipinski definition) is 0. The third-order valence-electron chi connectivity index (χ3n) is 2.76. The maximum atomic E-state index is 5.84. The summed E-state index contributed by atoms with van der Waals surface area (Å²) in [4.78, 5) is 0. The molecule has 110 valence electrons. The first kappa shape index (κ1) is 16.4. The van der Waals surface area contributed by atoms with Gasteiger partial charge in [-0.25, -0.2) is 0 Å². The second kappa shape index (κ2) is 9.24. The van der Waals surface area contributed by atoms with Gasteiger partial charge in [-0.1, -0.05) is 38.2 Å². The second-order valence-electron chi connectivity index (χ2n) is 4.62. The van der Waals surface area contributed by atoms with Gasteiger partial charge in [0.1, 0.15) is 11.5 Å². The minimum absolute atomic E-state index is 0.731. The highest BCUT2D eigenvalue weighted by molar-refractivity contribution is 5.67. The minimum atomic E-state index is 0.731. The van der Waals surface area contributed by atoms with E-state index < -0.39 is 0 Å². The molecule has 2 heteroatoms. The molecule has 0 saturated heterocycles. The van der Waals surface area contributed by atoms with Crippen molar-refractivity contribution in [3.05, 3.63) is 35.4 Å². The van der Waals surface area contributed by atoms with Crippen LogP contribution in [0.15, 0.2) is 24.3 Å². The second-order valence-corrected chi connectivity index (χ2v) is 4.62. The minimum Gasteiger partial charge on any atom is -0.493 e. The van der Waals surface area contributed by atoms with Crippen molar-refractivity contribution in [2.24, 2.45) is 0 Å². The summed E-state index contributed by atoms with van der Waals surface area (Å²) in [6.07, 6.45) is 10.2. The Labute approximate surface area is 123 Å². The van der Waals surface area contributed by atoms with Gasteiger partial charge in [-0.2, -0.15) is 0 Å². The Bertz CT molecular complexity index is 415. The van der Waals surface area contributed by atoms with Crippen LogP contribution in [0.25, 0.3) is 12.2 Å². The fourth-order valence-electron chi connectivity index (χ4n) is 1.89. The van der Waals surface area contributed by atoms with Gasteiger partial charge in [0, 0.05) is 11.1 Å². The Kier molecular flexibility index (Phi) is 7.56. The molecule has 0 aliphatic heterocycles. The van der Waals surface area contributed by atoms with E-state index in [9.17, 15) is 0 Å². The normalized spacial score (nSPS) is 11.4. The Hall–Kier alpha value is -1.70. The fraction of sp³-hybridized carbons (Fsp3) is 0.444. The molecule has 0 radical (unpaired) electrons. The highest BCUT2D eigenvalue weighted by atomic mass is 16.5. The molecule has 1 aromatic carbocycles. The number of allylic oxidation sites excluding steroid dienone is 2. The lowest BCUT2D eigenvalue weighted by Gasteiger charge is -2.14. The lowest BCUT2D eigenvalue weighted by molar-refractivity contribution is 0.307. The lowest BCUT2D eigenvalue weighted by Crippen LogP contribution is -2.01. The quantitative estimate of drug-likeness (QED) is 0.638. The van der Waals surface area contributed by atoms with Crippen molar-refractivity contribution in [3.8, 4) is 11.5 Å². The third kappa shape index (κ3) is 4.76. The number of ether oxygens (including phenoxy) is 2. The van der Waals surface area contributed by atoms with E-state index in [2.05, 4.69) is 38.1 Å². The largest absolute Gasteiger partial charge is 0.493 e. The summed E-state index contributed by atoms with van der Waals surface area (Å²) in [7, 11) is 0. The summed E-state index contributed by atoms with van der Waals surface area (Å²) in [5.74, 6) is 1.84. The average Bonchev–Trinajstić information content (AvgIpc) is 2.46. The van der Waals surface area contributed by atoms with Gasteiger partial charge < -0.3 is 9.47 Å². The van der Waals surface area contributed by atoms with Crippen LogP contribution in [-0.4, -0.2) is 13.2 Å². The molecule has 1 rings (SSSR count). The summed E-state index contributed by atoms with van der Waals surface area (Å²) in [5.41, 5.74) is 2.14. The van der Waals surface area contributed by atoms with Crippen LogP contribution < -0.4 is 9.47 Å². The zero-order valence-corrected chi connectivity index (χ0v) is 13.1. The molecule has 0 saturated carbocycles. The van der Waals surface area contributed by atoms with Gasteiger partial charge in [-0.05, 0) is 38.8 Å². The van der Waals surface area contributed by atoms with Gasteiger partial charge >= 0.3 is 0 Å². The van der Waals surface area contributed by atoms with Crippen LogP contribution in [0.3, 0.4) is 0 Å². The van der Waals surface area contributed by atoms with E-state index >= 15 is 0 Å². The van der Waals surface area contributed by atoms with E-state index in [1.54, 1.807) is 0 Å². The predicted molar refractivity (Wildman–Crippen MR) is 87.4 cm³/mol. The summed E-state index contributed by atoms with van der Waals surface area (Å²) >= 11 is 0.